The zero-order valence-corrected chi connectivity index (χ0v) is 17.6. The number of hydrogen-bond acceptors (Lipinski definition) is 5. The van der Waals surface area contributed by atoms with Gasteiger partial charge in [-0.15, -0.1) is 0 Å². The monoisotopic (exact) mass is 417 g/mol. The van der Waals surface area contributed by atoms with Crippen molar-refractivity contribution in [2.75, 3.05) is 19.0 Å². The Morgan fingerprint density at radius 3 is 2.62 bits per heavy atom. The highest BCUT2D eigenvalue weighted by atomic mass is 32.2. The van der Waals surface area contributed by atoms with Gasteiger partial charge in [-0.3, -0.25) is 4.79 Å². The molecule has 1 aromatic heterocycles. The number of carbonyl (C=O) groups excluding carboxylic acids is 1. The first kappa shape index (κ1) is 21.3. The molecule has 1 aliphatic rings. The summed E-state index contributed by atoms with van der Waals surface area (Å²) in [6.45, 7) is 2.17. The molecule has 1 saturated carbocycles. The Balaban J connectivity index is 1.88. The van der Waals surface area contributed by atoms with Gasteiger partial charge >= 0.3 is 0 Å². The summed E-state index contributed by atoms with van der Waals surface area (Å²) in [7, 11) is -2.12. The number of aromatic nitrogens is 1. The summed E-state index contributed by atoms with van der Waals surface area (Å²) in [5.41, 5.74) is 0.494. The van der Waals surface area contributed by atoms with Gasteiger partial charge in [0.05, 0.1) is 12.3 Å². The van der Waals surface area contributed by atoms with Crippen molar-refractivity contribution in [3.63, 3.8) is 0 Å². The van der Waals surface area contributed by atoms with E-state index >= 15 is 0 Å². The van der Waals surface area contributed by atoms with E-state index in [0.717, 1.165) is 32.1 Å². The second-order valence-corrected chi connectivity index (χ2v) is 9.02. The first-order chi connectivity index (χ1) is 13.9. The second kappa shape index (κ2) is 9.37. The van der Waals surface area contributed by atoms with Gasteiger partial charge in [-0.05, 0) is 44.0 Å². The number of nitrogens with zero attached hydrogens (tertiary/aromatic N) is 2. The van der Waals surface area contributed by atoms with Crippen LogP contribution in [0.1, 0.15) is 49.4 Å². The van der Waals surface area contributed by atoms with E-state index in [1.807, 2.05) is 0 Å². The maximum atomic E-state index is 13.3. The number of rotatable bonds is 7. The predicted molar refractivity (Wildman–Crippen MR) is 112 cm³/mol. The summed E-state index contributed by atoms with van der Waals surface area (Å²) in [6.07, 6.45) is 6.47. The van der Waals surface area contributed by atoms with Crippen LogP contribution in [0.3, 0.4) is 0 Å². The van der Waals surface area contributed by atoms with E-state index in [1.54, 1.807) is 50.5 Å². The molecule has 7 nitrogen and oxygen atoms in total. The number of sulfonamides is 1. The zero-order chi connectivity index (χ0) is 20.9. The van der Waals surface area contributed by atoms with Crippen LogP contribution in [-0.4, -0.2) is 43.3 Å². The van der Waals surface area contributed by atoms with E-state index in [9.17, 15) is 13.2 Å². The third-order valence-electron chi connectivity index (χ3n) is 5.18. The lowest BCUT2D eigenvalue weighted by Gasteiger charge is -2.30. The highest BCUT2D eigenvalue weighted by Gasteiger charge is 2.31. The van der Waals surface area contributed by atoms with Gasteiger partial charge in [0.25, 0.3) is 5.91 Å². The Morgan fingerprint density at radius 2 is 1.90 bits per heavy atom. The van der Waals surface area contributed by atoms with E-state index in [1.165, 1.54) is 10.4 Å². The molecular weight excluding hydrogens is 390 g/mol. The van der Waals surface area contributed by atoms with Crippen molar-refractivity contribution in [2.24, 2.45) is 0 Å². The fraction of sp³-hybridized carbons (Fsp3) is 0.429. The van der Waals surface area contributed by atoms with Gasteiger partial charge in [0.15, 0.2) is 0 Å². The van der Waals surface area contributed by atoms with Crippen LogP contribution < -0.4 is 10.1 Å². The molecule has 1 fully saturated rings. The van der Waals surface area contributed by atoms with Crippen molar-refractivity contribution >= 4 is 21.6 Å². The van der Waals surface area contributed by atoms with Crippen LogP contribution in [0.5, 0.6) is 5.88 Å². The van der Waals surface area contributed by atoms with E-state index < -0.39 is 15.9 Å². The van der Waals surface area contributed by atoms with Crippen LogP contribution in [0.15, 0.2) is 47.5 Å². The summed E-state index contributed by atoms with van der Waals surface area (Å²) < 4.78 is 33.4. The lowest BCUT2D eigenvalue weighted by molar-refractivity contribution is 0.102. The number of para-hydroxylation sites is 1. The molecule has 2 aromatic rings. The molecule has 0 aliphatic heterocycles. The first-order valence-electron chi connectivity index (χ1n) is 9.91. The third kappa shape index (κ3) is 4.76. The quantitative estimate of drug-likeness (QED) is 0.742. The van der Waals surface area contributed by atoms with Crippen molar-refractivity contribution in [3.05, 3.63) is 48.2 Å². The Morgan fingerprint density at radius 1 is 1.17 bits per heavy atom. The number of pyridine rings is 1. The number of hydrogen-bond donors (Lipinski definition) is 1. The molecule has 8 heteroatoms. The molecule has 3 rings (SSSR count). The molecule has 0 radical (unpaired) electrons. The maximum Gasteiger partial charge on any atom is 0.261 e. The fourth-order valence-electron chi connectivity index (χ4n) is 3.60. The molecule has 0 saturated heterocycles. The van der Waals surface area contributed by atoms with Gasteiger partial charge in [0.1, 0.15) is 10.5 Å². The van der Waals surface area contributed by atoms with Gasteiger partial charge < -0.3 is 10.1 Å². The number of nitrogens with one attached hydrogen (secondary N) is 1. The molecule has 1 aliphatic carbocycles. The molecule has 0 unspecified atom stereocenters. The summed E-state index contributed by atoms with van der Waals surface area (Å²) >= 11 is 0. The number of carbonyl (C=O) groups is 1. The van der Waals surface area contributed by atoms with Crippen LogP contribution in [0.25, 0.3) is 0 Å². The molecule has 0 bridgehead atoms. The van der Waals surface area contributed by atoms with Crippen molar-refractivity contribution < 1.29 is 17.9 Å². The smallest absolute Gasteiger partial charge is 0.261 e. The average molecular weight is 418 g/mol. The fourth-order valence-corrected chi connectivity index (χ4v) is 5.16. The Kier molecular flexibility index (Phi) is 6.87. The summed E-state index contributed by atoms with van der Waals surface area (Å²) in [6, 6.07) is 9.69. The molecular formula is C21H27N3O4S. The Hall–Kier alpha value is -2.45. The molecule has 0 spiro atoms. The van der Waals surface area contributed by atoms with Crippen LogP contribution in [0.2, 0.25) is 0 Å². The summed E-state index contributed by atoms with van der Waals surface area (Å²) in [5, 5.41) is 2.72. The van der Waals surface area contributed by atoms with Crippen LogP contribution in [0, 0.1) is 0 Å². The van der Waals surface area contributed by atoms with Gasteiger partial charge in [0.2, 0.25) is 15.9 Å². The molecule has 29 heavy (non-hydrogen) atoms. The lowest BCUT2D eigenvalue weighted by atomic mass is 9.96. The summed E-state index contributed by atoms with van der Waals surface area (Å²) in [5.74, 6) is -0.253. The van der Waals surface area contributed by atoms with Crippen LogP contribution in [-0.2, 0) is 10.0 Å². The Bertz CT molecular complexity index is 956. The van der Waals surface area contributed by atoms with Gasteiger partial charge in [-0.2, -0.15) is 4.31 Å². The number of ether oxygens (including phenoxy) is 1. The molecule has 156 valence electrons. The minimum Gasteiger partial charge on any atom is -0.477 e. The van der Waals surface area contributed by atoms with E-state index in [2.05, 4.69) is 10.3 Å². The average Bonchev–Trinajstić information content (AvgIpc) is 2.74. The SMILES string of the molecule is CCOc1ncccc1C(=O)Nc1ccccc1S(=O)(=O)N(C)C1CCCCC1. The van der Waals surface area contributed by atoms with E-state index in [4.69, 9.17) is 4.74 Å². The van der Waals surface area contributed by atoms with Gasteiger partial charge in [-0.25, -0.2) is 13.4 Å². The van der Waals surface area contributed by atoms with Crippen LogP contribution >= 0.6 is 0 Å². The zero-order valence-electron chi connectivity index (χ0n) is 16.8. The third-order valence-corrected chi connectivity index (χ3v) is 7.15. The molecule has 1 amide bonds. The van der Waals surface area contributed by atoms with Crippen molar-refractivity contribution in [1.29, 1.82) is 0 Å². The number of benzene rings is 1. The molecule has 1 heterocycles. The number of amides is 1. The first-order valence-corrected chi connectivity index (χ1v) is 11.4. The standard InChI is InChI=1S/C21H27N3O4S/c1-3-28-21-17(12-9-15-22-21)20(25)23-18-13-7-8-14-19(18)29(26,27)24(2)16-10-5-4-6-11-16/h7-9,12-16H,3-6,10-11H2,1-2H3,(H,23,25). The van der Waals surface area contributed by atoms with Crippen molar-refractivity contribution in [2.45, 2.75) is 50.0 Å². The predicted octanol–water partition coefficient (Wildman–Crippen LogP) is 3.69. The van der Waals surface area contributed by atoms with Crippen LogP contribution in [0.4, 0.5) is 5.69 Å². The van der Waals surface area contributed by atoms with E-state index in [0.29, 0.717) is 6.61 Å². The largest absolute Gasteiger partial charge is 0.477 e. The molecule has 0 atom stereocenters. The van der Waals surface area contributed by atoms with E-state index in [-0.39, 0.29) is 28.1 Å². The highest BCUT2D eigenvalue weighted by Crippen LogP contribution is 2.30. The number of anilines is 1. The topological polar surface area (TPSA) is 88.6 Å². The molecule has 1 N–H and O–H groups in total. The van der Waals surface area contributed by atoms with Crippen molar-refractivity contribution in [3.8, 4) is 5.88 Å². The lowest BCUT2D eigenvalue weighted by Crippen LogP contribution is -2.38. The maximum absolute atomic E-state index is 13.3. The minimum absolute atomic E-state index is 0.0135. The Labute approximate surface area is 172 Å². The van der Waals surface area contributed by atoms with Gasteiger partial charge in [-0.1, -0.05) is 31.4 Å². The van der Waals surface area contributed by atoms with Crippen molar-refractivity contribution in [1.82, 2.24) is 9.29 Å². The minimum atomic E-state index is -3.75. The highest BCUT2D eigenvalue weighted by molar-refractivity contribution is 7.89. The molecule has 1 aromatic carbocycles. The summed E-state index contributed by atoms with van der Waals surface area (Å²) in [4.78, 5) is 17.0. The van der Waals surface area contributed by atoms with Gasteiger partial charge in [0, 0.05) is 19.3 Å². The normalized spacial score (nSPS) is 15.3. The second-order valence-electron chi connectivity index (χ2n) is 7.05.